The van der Waals surface area contributed by atoms with Crippen molar-refractivity contribution in [1.82, 2.24) is 10.2 Å². The molecular weight excluding hydrogens is 196 g/mol. The first-order valence-electron chi connectivity index (χ1n) is 5.53. The molecule has 0 aromatic carbocycles. The minimum atomic E-state index is -0.687. The molecular formula is C10H18N2O3. The third kappa shape index (κ3) is 2.00. The fourth-order valence-electron chi connectivity index (χ4n) is 2.47. The van der Waals surface area contributed by atoms with E-state index in [1.54, 1.807) is 0 Å². The minimum absolute atomic E-state index is 0.566. The van der Waals surface area contributed by atoms with E-state index >= 15 is 0 Å². The number of carboxylic acid groups (broad SMARTS) is 1. The third-order valence-electron chi connectivity index (χ3n) is 3.44. The molecule has 0 spiro atoms. The highest BCUT2D eigenvalue weighted by atomic mass is 16.5. The van der Waals surface area contributed by atoms with Crippen LogP contribution < -0.4 is 5.32 Å². The van der Waals surface area contributed by atoms with Crippen LogP contribution in [-0.4, -0.2) is 60.9 Å². The summed E-state index contributed by atoms with van der Waals surface area (Å²) in [5, 5.41) is 12.7. The Hall–Kier alpha value is -0.650. The topological polar surface area (TPSA) is 61.8 Å². The van der Waals surface area contributed by atoms with Gasteiger partial charge in [-0.3, -0.25) is 9.69 Å². The number of piperazine rings is 1. The number of hydrogen-bond donors (Lipinski definition) is 2. The average molecular weight is 214 g/mol. The molecule has 0 atom stereocenters. The second-order valence-corrected chi connectivity index (χ2v) is 4.19. The minimum Gasteiger partial charge on any atom is -0.480 e. The third-order valence-corrected chi connectivity index (χ3v) is 3.44. The van der Waals surface area contributed by atoms with E-state index in [-0.39, 0.29) is 0 Å². The van der Waals surface area contributed by atoms with Gasteiger partial charge in [0, 0.05) is 39.4 Å². The number of carbonyl (C=O) groups is 1. The lowest BCUT2D eigenvalue weighted by Gasteiger charge is -2.44. The molecule has 2 fully saturated rings. The van der Waals surface area contributed by atoms with Gasteiger partial charge in [-0.05, 0) is 12.8 Å². The monoisotopic (exact) mass is 214 g/mol. The molecule has 5 nitrogen and oxygen atoms in total. The van der Waals surface area contributed by atoms with Crippen LogP contribution in [0.25, 0.3) is 0 Å². The molecule has 0 radical (unpaired) electrons. The predicted molar refractivity (Wildman–Crippen MR) is 54.9 cm³/mol. The molecule has 0 bridgehead atoms. The van der Waals surface area contributed by atoms with E-state index in [1.165, 1.54) is 0 Å². The van der Waals surface area contributed by atoms with Gasteiger partial charge in [0.05, 0.1) is 0 Å². The zero-order valence-electron chi connectivity index (χ0n) is 8.87. The van der Waals surface area contributed by atoms with Gasteiger partial charge in [0.15, 0.2) is 0 Å². The smallest absolute Gasteiger partial charge is 0.324 e. The highest BCUT2D eigenvalue weighted by Gasteiger charge is 2.45. The van der Waals surface area contributed by atoms with Gasteiger partial charge in [-0.15, -0.1) is 0 Å². The Morgan fingerprint density at radius 1 is 1.27 bits per heavy atom. The maximum absolute atomic E-state index is 11.5. The molecule has 2 rings (SSSR count). The van der Waals surface area contributed by atoms with Crippen molar-refractivity contribution in [2.75, 3.05) is 39.4 Å². The molecule has 0 aromatic rings. The molecule has 0 unspecified atom stereocenters. The van der Waals surface area contributed by atoms with Gasteiger partial charge in [0.25, 0.3) is 0 Å². The maximum Gasteiger partial charge on any atom is 0.324 e. The fourth-order valence-corrected chi connectivity index (χ4v) is 2.47. The number of nitrogens with zero attached hydrogens (tertiary/aromatic N) is 1. The Balaban J connectivity index is 2.12. The van der Waals surface area contributed by atoms with Crippen molar-refractivity contribution in [1.29, 1.82) is 0 Å². The van der Waals surface area contributed by atoms with Gasteiger partial charge < -0.3 is 15.2 Å². The number of aliphatic carboxylic acids is 1. The van der Waals surface area contributed by atoms with E-state index in [0.717, 1.165) is 26.2 Å². The zero-order valence-corrected chi connectivity index (χ0v) is 8.87. The summed E-state index contributed by atoms with van der Waals surface area (Å²) in [5.41, 5.74) is -0.666. The van der Waals surface area contributed by atoms with Crippen LogP contribution in [0.1, 0.15) is 12.8 Å². The molecule has 5 heteroatoms. The van der Waals surface area contributed by atoms with Crippen molar-refractivity contribution < 1.29 is 14.6 Å². The van der Waals surface area contributed by atoms with Gasteiger partial charge in [-0.2, -0.15) is 0 Å². The quantitative estimate of drug-likeness (QED) is 0.650. The van der Waals surface area contributed by atoms with E-state index in [2.05, 4.69) is 10.2 Å². The standard InChI is InChI=1S/C10H18N2O3/c13-9(14)10(1-7-15-8-2-10)12-5-3-11-4-6-12/h11H,1-8H2,(H,13,14). The Labute approximate surface area is 89.4 Å². The number of carboxylic acids is 1. The summed E-state index contributed by atoms with van der Waals surface area (Å²) in [5.74, 6) is -0.687. The summed E-state index contributed by atoms with van der Waals surface area (Å²) in [4.78, 5) is 13.6. The van der Waals surface area contributed by atoms with Gasteiger partial charge in [-0.1, -0.05) is 0 Å². The molecule has 2 aliphatic heterocycles. The molecule has 0 aromatic heterocycles. The van der Waals surface area contributed by atoms with Crippen LogP contribution in [0.2, 0.25) is 0 Å². The van der Waals surface area contributed by atoms with Crippen LogP contribution in [0.15, 0.2) is 0 Å². The summed E-state index contributed by atoms with van der Waals surface area (Å²) < 4.78 is 5.26. The van der Waals surface area contributed by atoms with E-state index < -0.39 is 11.5 Å². The van der Waals surface area contributed by atoms with E-state index in [4.69, 9.17) is 4.74 Å². The summed E-state index contributed by atoms with van der Waals surface area (Å²) in [6.45, 7) is 4.55. The SMILES string of the molecule is O=C(O)C1(N2CCNCC2)CCOCC1. The van der Waals surface area contributed by atoms with E-state index in [9.17, 15) is 9.90 Å². The van der Waals surface area contributed by atoms with Gasteiger partial charge in [0.2, 0.25) is 0 Å². The van der Waals surface area contributed by atoms with Crippen LogP contribution in [0.3, 0.4) is 0 Å². The molecule has 2 heterocycles. The predicted octanol–water partition coefficient (Wildman–Crippen LogP) is -0.475. The second-order valence-electron chi connectivity index (χ2n) is 4.19. The summed E-state index contributed by atoms with van der Waals surface area (Å²) in [6.07, 6.45) is 1.23. The Bertz CT molecular complexity index is 233. The lowest BCUT2D eigenvalue weighted by atomic mass is 9.87. The van der Waals surface area contributed by atoms with E-state index in [1.807, 2.05) is 0 Å². The molecule has 2 aliphatic rings. The highest BCUT2D eigenvalue weighted by Crippen LogP contribution is 2.28. The first-order chi connectivity index (χ1) is 7.26. The molecule has 0 aliphatic carbocycles. The number of nitrogens with one attached hydrogen (secondary N) is 1. The summed E-state index contributed by atoms with van der Waals surface area (Å²) >= 11 is 0. The lowest BCUT2D eigenvalue weighted by Crippen LogP contribution is -2.62. The summed E-state index contributed by atoms with van der Waals surface area (Å²) in [7, 11) is 0. The number of hydrogen-bond acceptors (Lipinski definition) is 4. The second kappa shape index (κ2) is 4.47. The van der Waals surface area contributed by atoms with Crippen molar-refractivity contribution in [3.63, 3.8) is 0 Å². The molecule has 2 N–H and O–H groups in total. The number of ether oxygens (including phenoxy) is 1. The molecule has 0 amide bonds. The summed E-state index contributed by atoms with van der Waals surface area (Å²) in [6, 6.07) is 0. The van der Waals surface area contributed by atoms with Crippen molar-refractivity contribution in [3.8, 4) is 0 Å². The maximum atomic E-state index is 11.5. The van der Waals surface area contributed by atoms with Crippen LogP contribution in [0.5, 0.6) is 0 Å². The van der Waals surface area contributed by atoms with E-state index in [0.29, 0.717) is 26.1 Å². The molecule has 2 saturated heterocycles. The Morgan fingerprint density at radius 2 is 1.87 bits per heavy atom. The first kappa shape index (κ1) is 10.9. The Kier molecular flexibility index (Phi) is 3.23. The van der Waals surface area contributed by atoms with Crippen LogP contribution in [0.4, 0.5) is 0 Å². The van der Waals surface area contributed by atoms with Crippen LogP contribution in [0, 0.1) is 0 Å². The van der Waals surface area contributed by atoms with Gasteiger partial charge >= 0.3 is 5.97 Å². The zero-order chi connectivity index (χ0) is 10.7. The first-order valence-corrected chi connectivity index (χ1v) is 5.53. The Morgan fingerprint density at radius 3 is 2.40 bits per heavy atom. The molecule has 15 heavy (non-hydrogen) atoms. The van der Waals surface area contributed by atoms with Crippen molar-refractivity contribution in [2.45, 2.75) is 18.4 Å². The van der Waals surface area contributed by atoms with Crippen LogP contribution in [-0.2, 0) is 9.53 Å². The van der Waals surface area contributed by atoms with Crippen LogP contribution >= 0.6 is 0 Å². The van der Waals surface area contributed by atoms with Crippen molar-refractivity contribution in [2.24, 2.45) is 0 Å². The van der Waals surface area contributed by atoms with Crippen molar-refractivity contribution in [3.05, 3.63) is 0 Å². The molecule has 0 saturated carbocycles. The fraction of sp³-hybridized carbons (Fsp3) is 0.900. The number of rotatable bonds is 2. The lowest BCUT2D eigenvalue weighted by molar-refractivity contribution is -0.159. The van der Waals surface area contributed by atoms with Gasteiger partial charge in [-0.25, -0.2) is 0 Å². The largest absolute Gasteiger partial charge is 0.480 e. The van der Waals surface area contributed by atoms with Gasteiger partial charge in [0.1, 0.15) is 5.54 Å². The average Bonchev–Trinajstić information content (AvgIpc) is 2.31. The highest BCUT2D eigenvalue weighted by molar-refractivity contribution is 5.79. The molecule has 86 valence electrons. The van der Waals surface area contributed by atoms with Crippen molar-refractivity contribution >= 4 is 5.97 Å². The normalized spacial score (nSPS) is 27.5.